The molecule has 0 amide bonds. The lowest BCUT2D eigenvalue weighted by atomic mass is 10.2. The Bertz CT molecular complexity index is 521. The molecule has 2 rings (SSSR count). The smallest absolute Gasteiger partial charge is 0.166 e. The Hall–Kier alpha value is -1.59. The van der Waals surface area contributed by atoms with E-state index in [1.807, 2.05) is 30.3 Å². The summed E-state index contributed by atoms with van der Waals surface area (Å²) < 4.78 is 12.0. The van der Waals surface area contributed by atoms with Crippen molar-refractivity contribution in [1.29, 1.82) is 0 Å². The number of hydrogen-bond donors (Lipinski definition) is 1. The van der Waals surface area contributed by atoms with Crippen molar-refractivity contribution < 1.29 is 9.47 Å². The average Bonchev–Trinajstić information content (AvgIpc) is 2.46. The fourth-order valence-electron chi connectivity index (χ4n) is 1.68. The van der Waals surface area contributed by atoms with Gasteiger partial charge in [0.25, 0.3) is 0 Å². The largest absolute Gasteiger partial charge is 0.493 e. The maximum Gasteiger partial charge on any atom is 0.166 e. The van der Waals surface area contributed by atoms with Crippen molar-refractivity contribution in [2.24, 2.45) is 5.73 Å². The number of para-hydroxylation sites is 1. The Morgan fingerprint density at radius 1 is 1.26 bits per heavy atom. The minimum atomic E-state index is 0.376. The topological polar surface area (TPSA) is 57.4 Å². The van der Waals surface area contributed by atoms with E-state index in [9.17, 15) is 0 Å². The van der Waals surface area contributed by atoms with Crippen molar-refractivity contribution in [2.45, 2.75) is 13.2 Å². The molecule has 1 aromatic heterocycles. The van der Waals surface area contributed by atoms with Crippen LogP contribution in [0.5, 0.6) is 11.5 Å². The maximum absolute atomic E-state index is 5.79. The molecule has 4 nitrogen and oxygen atoms in total. The molecule has 5 heteroatoms. The van der Waals surface area contributed by atoms with Crippen molar-refractivity contribution >= 4 is 15.9 Å². The number of nitrogens with two attached hydrogens (primary N) is 1. The van der Waals surface area contributed by atoms with Gasteiger partial charge < -0.3 is 15.2 Å². The Labute approximate surface area is 120 Å². The number of aromatic nitrogens is 1. The monoisotopic (exact) mass is 322 g/mol. The van der Waals surface area contributed by atoms with E-state index in [2.05, 4.69) is 20.9 Å². The number of rotatable bonds is 5. The first-order valence-electron chi connectivity index (χ1n) is 5.83. The summed E-state index contributed by atoms with van der Waals surface area (Å²) in [5.74, 6) is 1.36. The summed E-state index contributed by atoms with van der Waals surface area (Å²) >= 11 is 3.35. The Morgan fingerprint density at radius 2 is 2.11 bits per heavy atom. The standard InChI is InChI=1S/C14H15BrN2O2/c1-18-13-4-2-3-10(7-16)14(13)19-9-12-6-5-11(15)8-17-12/h2-6,8H,7,9,16H2,1H3. The molecule has 2 aromatic rings. The van der Waals surface area contributed by atoms with Gasteiger partial charge in [-0.05, 0) is 34.1 Å². The van der Waals surface area contributed by atoms with E-state index in [1.54, 1.807) is 13.3 Å². The van der Waals surface area contributed by atoms with Crippen LogP contribution in [0.4, 0.5) is 0 Å². The number of benzene rings is 1. The molecule has 0 aliphatic rings. The molecule has 2 N–H and O–H groups in total. The van der Waals surface area contributed by atoms with E-state index in [1.165, 1.54) is 0 Å². The molecule has 1 aromatic carbocycles. The van der Waals surface area contributed by atoms with Crippen LogP contribution in [0.2, 0.25) is 0 Å². The van der Waals surface area contributed by atoms with Crippen LogP contribution < -0.4 is 15.2 Å². The van der Waals surface area contributed by atoms with Crippen molar-refractivity contribution in [3.05, 3.63) is 52.3 Å². The lowest BCUT2D eigenvalue weighted by Crippen LogP contribution is -2.05. The van der Waals surface area contributed by atoms with E-state index >= 15 is 0 Å². The molecule has 0 radical (unpaired) electrons. The number of halogens is 1. The van der Waals surface area contributed by atoms with Gasteiger partial charge in [0.05, 0.1) is 12.8 Å². The first-order chi connectivity index (χ1) is 9.24. The second-order valence-electron chi connectivity index (χ2n) is 3.91. The van der Waals surface area contributed by atoms with Crippen LogP contribution in [-0.4, -0.2) is 12.1 Å². The van der Waals surface area contributed by atoms with Gasteiger partial charge in [-0.25, -0.2) is 0 Å². The van der Waals surface area contributed by atoms with Gasteiger partial charge in [0.1, 0.15) is 6.61 Å². The highest BCUT2D eigenvalue weighted by atomic mass is 79.9. The third-order valence-corrected chi connectivity index (χ3v) is 3.12. The zero-order valence-electron chi connectivity index (χ0n) is 10.6. The van der Waals surface area contributed by atoms with Crippen molar-refractivity contribution in [3.63, 3.8) is 0 Å². The van der Waals surface area contributed by atoms with Crippen LogP contribution in [0.15, 0.2) is 41.0 Å². The Balaban J connectivity index is 2.16. The van der Waals surface area contributed by atoms with Gasteiger partial charge in [-0.3, -0.25) is 4.98 Å². The van der Waals surface area contributed by atoms with Gasteiger partial charge in [0, 0.05) is 22.8 Å². The summed E-state index contributed by atoms with van der Waals surface area (Å²) in [6.45, 7) is 0.779. The average molecular weight is 323 g/mol. The fourth-order valence-corrected chi connectivity index (χ4v) is 1.92. The predicted octanol–water partition coefficient (Wildman–Crippen LogP) is 2.89. The van der Waals surface area contributed by atoms with Crippen molar-refractivity contribution in [1.82, 2.24) is 4.98 Å². The van der Waals surface area contributed by atoms with E-state index in [0.717, 1.165) is 15.7 Å². The third kappa shape index (κ3) is 3.45. The van der Waals surface area contributed by atoms with Crippen LogP contribution in [0.25, 0.3) is 0 Å². The van der Waals surface area contributed by atoms with E-state index in [4.69, 9.17) is 15.2 Å². The summed E-state index contributed by atoms with van der Waals surface area (Å²) in [5.41, 5.74) is 7.46. The van der Waals surface area contributed by atoms with E-state index in [0.29, 0.717) is 24.7 Å². The first kappa shape index (κ1) is 13.8. The molecule has 0 aliphatic carbocycles. The van der Waals surface area contributed by atoms with E-state index < -0.39 is 0 Å². The van der Waals surface area contributed by atoms with Gasteiger partial charge in [-0.2, -0.15) is 0 Å². The molecule has 0 bridgehead atoms. The Kier molecular flexibility index (Phi) is 4.76. The highest BCUT2D eigenvalue weighted by molar-refractivity contribution is 9.10. The molecule has 100 valence electrons. The van der Waals surface area contributed by atoms with Crippen LogP contribution in [0.1, 0.15) is 11.3 Å². The molecule has 0 unspecified atom stereocenters. The normalized spacial score (nSPS) is 10.3. The lowest BCUT2D eigenvalue weighted by Gasteiger charge is -2.13. The zero-order chi connectivity index (χ0) is 13.7. The Morgan fingerprint density at radius 3 is 2.74 bits per heavy atom. The second kappa shape index (κ2) is 6.54. The van der Waals surface area contributed by atoms with Gasteiger partial charge in [-0.15, -0.1) is 0 Å². The third-order valence-electron chi connectivity index (χ3n) is 2.65. The molecule has 0 spiro atoms. The fraction of sp³-hybridized carbons (Fsp3) is 0.214. The van der Waals surface area contributed by atoms with Crippen molar-refractivity contribution in [2.75, 3.05) is 7.11 Å². The summed E-state index contributed by atoms with van der Waals surface area (Å²) in [5, 5.41) is 0. The van der Waals surface area contributed by atoms with Gasteiger partial charge in [0.15, 0.2) is 11.5 Å². The van der Waals surface area contributed by atoms with Crippen LogP contribution >= 0.6 is 15.9 Å². The predicted molar refractivity (Wildman–Crippen MR) is 77.2 cm³/mol. The molecular formula is C14H15BrN2O2. The highest BCUT2D eigenvalue weighted by Crippen LogP contribution is 2.31. The zero-order valence-corrected chi connectivity index (χ0v) is 12.2. The minimum absolute atomic E-state index is 0.376. The number of nitrogens with zero attached hydrogens (tertiary/aromatic N) is 1. The summed E-state index contributed by atoms with van der Waals surface area (Å²) in [7, 11) is 1.61. The molecule has 0 saturated carbocycles. The minimum Gasteiger partial charge on any atom is -0.493 e. The number of pyridine rings is 1. The highest BCUT2D eigenvalue weighted by Gasteiger charge is 2.09. The van der Waals surface area contributed by atoms with Gasteiger partial charge >= 0.3 is 0 Å². The molecule has 0 fully saturated rings. The quantitative estimate of drug-likeness (QED) is 0.919. The second-order valence-corrected chi connectivity index (χ2v) is 4.82. The molecule has 0 aliphatic heterocycles. The van der Waals surface area contributed by atoms with Gasteiger partial charge in [0.2, 0.25) is 0 Å². The van der Waals surface area contributed by atoms with Crippen LogP contribution in [0, 0.1) is 0 Å². The summed E-state index contributed by atoms with van der Waals surface area (Å²) in [4.78, 5) is 4.26. The molecule has 0 atom stereocenters. The lowest BCUT2D eigenvalue weighted by molar-refractivity contribution is 0.277. The summed E-state index contributed by atoms with van der Waals surface area (Å²) in [6.07, 6.45) is 1.74. The van der Waals surface area contributed by atoms with Crippen molar-refractivity contribution in [3.8, 4) is 11.5 Å². The molecule has 19 heavy (non-hydrogen) atoms. The molecule has 1 heterocycles. The summed E-state index contributed by atoms with van der Waals surface area (Å²) in [6, 6.07) is 9.50. The van der Waals surface area contributed by atoms with Crippen LogP contribution in [-0.2, 0) is 13.2 Å². The van der Waals surface area contributed by atoms with Gasteiger partial charge in [-0.1, -0.05) is 12.1 Å². The van der Waals surface area contributed by atoms with E-state index in [-0.39, 0.29) is 0 Å². The van der Waals surface area contributed by atoms with Crippen LogP contribution in [0.3, 0.4) is 0 Å². The maximum atomic E-state index is 5.79. The number of hydrogen-bond acceptors (Lipinski definition) is 4. The SMILES string of the molecule is COc1cccc(CN)c1OCc1ccc(Br)cn1. The first-order valence-corrected chi connectivity index (χ1v) is 6.63. The number of ether oxygens (including phenoxy) is 2. The molecular weight excluding hydrogens is 308 g/mol. The molecule has 0 saturated heterocycles. The number of methoxy groups -OCH3 is 1.